The maximum atomic E-state index is 12.3. The molecule has 1 fully saturated rings. The second kappa shape index (κ2) is 12.1. The molecule has 0 bridgehead atoms. The number of hydrogen-bond donors (Lipinski definition) is 2. The van der Waals surface area contributed by atoms with Crippen LogP contribution in [0.4, 0.5) is 4.79 Å². The SMILES string of the molecule is CCCCCCn1c(SCC(=O)NC(=O)NC2CCCC2)nnc1-c1ccc(Cl)cc1. The third-order valence-electron chi connectivity index (χ3n) is 5.33. The maximum absolute atomic E-state index is 12.3. The number of aromatic nitrogens is 3. The van der Waals surface area contributed by atoms with E-state index < -0.39 is 6.03 Å². The molecule has 3 amide bonds. The van der Waals surface area contributed by atoms with Gasteiger partial charge in [-0.25, -0.2) is 4.79 Å². The lowest BCUT2D eigenvalue weighted by atomic mass is 10.2. The van der Waals surface area contributed by atoms with Crippen molar-refractivity contribution in [2.75, 3.05) is 5.75 Å². The average molecular weight is 464 g/mol. The van der Waals surface area contributed by atoms with Crippen molar-refractivity contribution in [3.05, 3.63) is 29.3 Å². The first-order valence-electron chi connectivity index (χ1n) is 11.0. The van der Waals surface area contributed by atoms with E-state index in [-0.39, 0.29) is 17.7 Å². The first kappa shape index (κ1) is 23.6. The second-order valence-corrected chi connectivity index (χ2v) is 9.20. The summed E-state index contributed by atoms with van der Waals surface area (Å²) in [6.45, 7) is 2.96. The molecule has 0 saturated heterocycles. The molecule has 31 heavy (non-hydrogen) atoms. The van der Waals surface area contributed by atoms with Gasteiger partial charge in [-0.05, 0) is 43.5 Å². The summed E-state index contributed by atoms with van der Waals surface area (Å²) in [5.74, 6) is 0.523. The van der Waals surface area contributed by atoms with E-state index in [4.69, 9.17) is 11.6 Å². The Balaban J connectivity index is 1.61. The molecule has 0 radical (unpaired) electrons. The predicted molar refractivity (Wildman–Crippen MR) is 124 cm³/mol. The van der Waals surface area contributed by atoms with Crippen molar-refractivity contribution >= 4 is 35.3 Å². The molecule has 0 unspecified atom stereocenters. The van der Waals surface area contributed by atoms with E-state index in [0.717, 1.165) is 62.9 Å². The molecule has 3 rings (SSSR count). The Hall–Kier alpha value is -2.06. The number of nitrogens with one attached hydrogen (secondary N) is 2. The molecule has 1 aromatic carbocycles. The van der Waals surface area contributed by atoms with Gasteiger partial charge in [-0.1, -0.05) is 62.4 Å². The Morgan fingerprint density at radius 1 is 1.13 bits per heavy atom. The zero-order valence-electron chi connectivity index (χ0n) is 17.9. The van der Waals surface area contributed by atoms with Gasteiger partial charge in [0.05, 0.1) is 5.75 Å². The van der Waals surface area contributed by atoms with Gasteiger partial charge in [-0.2, -0.15) is 0 Å². The van der Waals surface area contributed by atoms with E-state index in [1.807, 2.05) is 24.3 Å². The van der Waals surface area contributed by atoms with Crippen LogP contribution < -0.4 is 10.6 Å². The summed E-state index contributed by atoms with van der Waals surface area (Å²) >= 11 is 7.31. The van der Waals surface area contributed by atoms with Crippen LogP contribution in [0.15, 0.2) is 29.4 Å². The van der Waals surface area contributed by atoms with Crippen LogP contribution in [0, 0.1) is 0 Å². The molecule has 9 heteroatoms. The Bertz CT molecular complexity index is 865. The summed E-state index contributed by atoms with van der Waals surface area (Å²) < 4.78 is 2.05. The van der Waals surface area contributed by atoms with Gasteiger partial charge in [0, 0.05) is 23.2 Å². The van der Waals surface area contributed by atoms with Crippen molar-refractivity contribution in [3.8, 4) is 11.4 Å². The number of hydrogen-bond acceptors (Lipinski definition) is 5. The highest BCUT2D eigenvalue weighted by molar-refractivity contribution is 7.99. The van der Waals surface area contributed by atoms with Crippen molar-refractivity contribution < 1.29 is 9.59 Å². The fraction of sp³-hybridized carbons (Fsp3) is 0.545. The van der Waals surface area contributed by atoms with E-state index in [9.17, 15) is 9.59 Å². The lowest BCUT2D eigenvalue weighted by molar-refractivity contribution is -0.117. The molecule has 0 aliphatic heterocycles. The normalized spacial score (nSPS) is 14.0. The van der Waals surface area contributed by atoms with E-state index in [1.54, 1.807) is 0 Å². The number of urea groups is 1. The number of carbonyl (C=O) groups excluding carboxylic acids is 2. The van der Waals surface area contributed by atoms with Gasteiger partial charge in [-0.3, -0.25) is 10.1 Å². The van der Waals surface area contributed by atoms with Crippen LogP contribution in [0.1, 0.15) is 58.3 Å². The quantitative estimate of drug-likeness (QED) is 0.380. The fourth-order valence-corrected chi connectivity index (χ4v) is 4.58. The zero-order chi connectivity index (χ0) is 22.1. The first-order chi connectivity index (χ1) is 15.1. The smallest absolute Gasteiger partial charge is 0.321 e. The van der Waals surface area contributed by atoms with E-state index in [1.165, 1.54) is 18.2 Å². The standard InChI is InChI=1S/C22H30ClN5O2S/c1-2-3-4-7-14-28-20(16-10-12-17(23)13-11-16)26-27-22(28)31-15-19(29)25-21(30)24-18-8-5-6-9-18/h10-13,18H,2-9,14-15H2,1H3,(H2,24,25,29,30). The zero-order valence-corrected chi connectivity index (χ0v) is 19.5. The molecule has 0 spiro atoms. The van der Waals surface area contributed by atoms with Crippen molar-refractivity contribution in [1.82, 2.24) is 25.4 Å². The van der Waals surface area contributed by atoms with Crippen molar-refractivity contribution in [3.63, 3.8) is 0 Å². The van der Waals surface area contributed by atoms with Gasteiger partial charge in [0.2, 0.25) is 5.91 Å². The van der Waals surface area contributed by atoms with Gasteiger partial charge in [-0.15, -0.1) is 10.2 Å². The Kier molecular flexibility index (Phi) is 9.21. The average Bonchev–Trinajstić information content (AvgIpc) is 3.40. The molecular weight excluding hydrogens is 434 g/mol. The number of amides is 3. The van der Waals surface area contributed by atoms with Crippen LogP contribution >= 0.6 is 23.4 Å². The number of nitrogens with zero attached hydrogens (tertiary/aromatic N) is 3. The van der Waals surface area contributed by atoms with Crippen molar-refractivity contribution in [1.29, 1.82) is 0 Å². The van der Waals surface area contributed by atoms with Crippen LogP contribution in [0.25, 0.3) is 11.4 Å². The number of halogens is 1. The molecule has 168 valence electrons. The molecule has 1 heterocycles. The van der Waals surface area contributed by atoms with Crippen LogP contribution in [-0.4, -0.2) is 38.5 Å². The fourth-order valence-electron chi connectivity index (χ4n) is 3.69. The van der Waals surface area contributed by atoms with Crippen LogP contribution in [-0.2, 0) is 11.3 Å². The minimum Gasteiger partial charge on any atom is -0.335 e. The van der Waals surface area contributed by atoms with E-state index in [0.29, 0.717) is 10.2 Å². The lowest BCUT2D eigenvalue weighted by Crippen LogP contribution is -2.44. The number of carbonyl (C=O) groups is 2. The lowest BCUT2D eigenvalue weighted by Gasteiger charge is -2.12. The number of benzene rings is 1. The van der Waals surface area contributed by atoms with E-state index >= 15 is 0 Å². The highest BCUT2D eigenvalue weighted by Crippen LogP contribution is 2.26. The summed E-state index contributed by atoms with van der Waals surface area (Å²) in [6.07, 6.45) is 8.68. The number of unbranched alkanes of at least 4 members (excludes halogenated alkanes) is 3. The van der Waals surface area contributed by atoms with Gasteiger partial charge >= 0.3 is 6.03 Å². The minimum atomic E-state index is -0.416. The number of rotatable bonds is 10. The monoisotopic (exact) mass is 463 g/mol. The topological polar surface area (TPSA) is 88.9 Å². The van der Waals surface area contributed by atoms with Gasteiger partial charge < -0.3 is 9.88 Å². The van der Waals surface area contributed by atoms with Crippen LogP contribution in [0.2, 0.25) is 5.02 Å². The molecule has 2 aromatic rings. The highest BCUT2D eigenvalue weighted by atomic mass is 35.5. The molecular formula is C22H30ClN5O2S. The largest absolute Gasteiger partial charge is 0.335 e. The summed E-state index contributed by atoms with van der Waals surface area (Å²) in [5.41, 5.74) is 0.930. The van der Waals surface area contributed by atoms with Crippen LogP contribution in [0.5, 0.6) is 0 Å². The second-order valence-electron chi connectivity index (χ2n) is 7.82. The van der Waals surface area contributed by atoms with Crippen molar-refractivity contribution in [2.45, 2.75) is 76.0 Å². The highest BCUT2D eigenvalue weighted by Gasteiger charge is 2.19. The van der Waals surface area contributed by atoms with Gasteiger partial charge in [0.15, 0.2) is 11.0 Å². The van der Waals surface area contributed by atoms with Crippen LogP contribution in [0.3, 0.4) is 0 Å². The molecule has 1 saturated carbocycles. The van der Waals surface area contributed by atoms with Crippen molar-refractivity contribution in [2.24, 2.45) is 0 Å². The predicted octanol–water partition coefficient (Wildman–Crippen LogP) is 5.04. The third kappa shape index (κ3) is 7.25. The Morgan fingerprint density at radius 2 is 1.87 bits per heavy atom. The Morgan fingerprint density at radius 3 is 2.58 bits per heavy atom. The third-order valence-corrected chi connectivity index (χ3v) is 6.55. The Labute approximate surface area is 192 Å². The summed E-state index contributed by atoms with van der Waals surface area (Å²) in [6, 6.07) is 7.26. The summed E-state index contributed by atoms with van der Waals surface area (Å²) in [7, 11) is 0. The van der Waals surface area contributed by atoms with E-state index in [2.05, 4.69) is 32.3 Å². The molecule has 1 aliphatic carbocycles. The first-order valence-corrected chi connectivity index (χ1v) is 12.4. The number of imide groups is 1. The molecule has 2 N–H and O–H groups in total. The summed E-state index contributed by atoms with van der Waals surface area (Å²) in [5, 5.41) is 15.3. The molecule has 0 atom stereocenters. The molecule has 7 nitrogen and oxygen atoms in total. The maximum Gasteiger partial charge on any atom is 0.321 e. The van der Waals surface area contributed by atoms with Gasteiger partial charge in [0.1, 0.15) is 0 Å². The molecule has 1 aliphatic rings. The molecule has 1 aromatic heterocycles. The minimum absolute atomic E-state index is 0.103. The number of thioether (sulfide) groups is 1. The van der Waals surface area contributed by atoms with Gasteiger partial charge in [0.25, 0.3) is 0 Å². The summed E-state index contributed by atoms with van der Waals surface area (Å²) in [4.78, 5) is 24.3.